The van der Waals surface area contributed by atoms with Crippen molar-refractivity contribution in [2.24, 2.45) is 23.2 Å². The van der Waals surface area contributed by atoms with Crippen molar-refractivity contribution in [1.29, 1.82) is 0 Å². The third-order valence-electron chi connectivity index (χ3n) is 8.11. The van der Waals surface area contributed by atoms with Gasteiger partial charge in [-0.3, -0.25) is 4.79 Å². The van der Waals surface area contributed by atoms with E-state index in [1.807, 2.05) is 6.08 Å². The number of amides is 1. The molecule has 0 unspecified atom stereocenters. The molecule has 5 aliphatic carbocycles. The van der Waals surface area contributed by atoms with Gasteiger partial charge in [0, 0.05) is 19.0 Å². The molecule has 5 saturated carbocycles. The highest BCUT2D eigenvalue weighted by Gasteiger charge is 2.51. The van der Waals surface area contributed by atoms with Crippen LogP contribution in [-0.2, 0) is 17.8 Å². The number of hydrogen-bond acceptors (Lipinski definition) is 4. The number of carbonyl (C=O) groups excluding carboxylic acids is 1. The molecule has 0 radical (unpaired) electrons. The molecule has 1 aromatic rings. The van der Waals surface area contributed by atoms with Gasteiger partial charge in [-0.25, -0.2) is 0 Å². The lowest BCUT2D eigenvalue weighted by Gasteiger charge is -2.56. The molecule has 0 saturated heterocycles. The Balaban J connectivity index is 1.23. The molecule has 0 aliphatic heterocycles. The molecule has 1 amide bonds. The van der Waals surface area contributed by atoms with Crippen LogP contribution in [0.2, 0.25) is 0 Å². The van der Waals surface area contributed by atoms with Crippen molar-refractivity contribution in [2.45, 2.75) is 94.8 Å². The summed E-state index contributed by atoms with van der Waals surface area (Å²) in [5.74, 6) is 4.50. The topological polar surface area (TPSA) is 59.8 Å². The molecule has 0 atom stereocenters. The van der Waals surface area contributed by atoms with E-state index in [1.165, 1.54) is 69.5 Å². The normalized spacial score (nSPS) is 33.0. The minimum atomic E-state index is 0.127. The van der Waals surface area contributed by atoms with Gasteiger partial charge in [0.15, 0.2) is 5.16 Å². The van der Waals surface area contributed by atoms with Crippen molar-refractivity contribution in [2.75, 3.05) is 5.75 Å². The van der Waals surface area contributed by atoms with Crippen LogP contribution in [0.15, 0.2) is 17.8 Å². The molecule has 30 heavy (non-hydrogen) atoms. The number of nitrogens with zero attached hydrogens (tertiary/aromatic N) is 3. The quantitative estimate of drug-likeness (QED) is 0.479. The SMILES string of the molecule is C=CCn1c(CC23CC4CC(CC(C4)C2)C3)nnc1SCC(=O)NC1CCCCC1. The third-order valence-corrected chi connectivity index (χ3v) is 9.07. The average Bonchev–Trinajstić information content (AvgIpc) is 3.07. The molecule has 5 nitrogen and oxygen atoms in total. The van der Waals surface area contributed by atoms with Crippen LogP contribution in [0, 0.1) is 23.2 Å². The maximum Gasteiger partial charge on any atom is 0.230 e. The highest BCUT2D eigenvalue weighted by molar-refractivity contribution is 7.99. The first-order valence-electron chi connectivity index (χ1n) is 12.1. The third kappa shape index (κ3) is 4.35. The van der Waals surface area contributed by atoms with Crippen LogP contribution in [0.5, 0.6) is 0 Å². The molecule has 4 bridgehead atoms. The van der Waals surface area contributed by atoms with E-state index in [4.69, 9.17) is 0 Å². The van der Waals surface area contributed by atoms with Gasteiger partial charge < -0.3 is 9.88 Å². The zero-order valence-electron chi connectivity index (χ0n) is 18.2. The van der Waals surface area contributed by atoms with E-state index in [0.29, 0.717) is 17.2 Å². The molecule has 0 aromatic carbocycles. The van der Waals surface area contributed by atoms with Crippen LogP contribution in [0.3, 0.4) is 0 Å². The van der Waals surface area contributed by atoms with Gasteiger partial charge in [0.1, 0.15) is 5.82 Å². The summed E-state index contributed by atoms with van der Waals surface area (Å²) >= 11 is 1.53. The molecule has 5 fully saturated rings. The fourth-order valence-corrected chi connectivity index (χ4v) is 8.14. The van der Waals surface area contributed by atoms with Crippen molar-refractivity contribution in [3.05, 3.63) is 18.5 Å². The summed E-state index contributed by atoms with van der Waals surface area (Å²) in [5.41, 5.74) is 0.445. The second-order valence-corrected chi connectivity index (χ2v) is 11.5. The molecule has 6 rings (SSSR count). The molecule has 5 aliphatic rings. The van der Waals surface area contributed by atoms with Crippen molar-refractivity contribution in [1.82, 2.24) is 20.1 Å². The van der Waals surface area contributed by atoms with Crippen LogP contribution in [-0.4, -0.2) is 32.5 Å². The summed E-state index contributed by atoms with van der Waals surface area (Å²) in [5, 5.41) is 13.2. The van der Waals surface area contributed by atoms with Gasteiger partial charge in [-0.15, -0.1) is 16.8 Å². The molecular weight excluding hydrogens is 392 g/mol. The van der Waals surface area contributed by atoms with E-state index < -0.39 is 0 Å². The van der Waals surface area contributed by atoms with E-state index in [9.17, 15) is 4.79 Å². The Hall–Kier alpha value is -1.30. The van der Waals surface area contributed by atoms with E-state index in [-0.39, 0.29) is 5.91 Å². The van der Waals surface area contributed by atoms with Gasteiger partial charge in [0.2, 0.25) is 5.91 Å². The first kappa shape index (κ1) is 20.6. The molecule has 1 heterocycles. The minimum Gasteiger partial charge on any atom is -0.353 e. The Morgan fingerprint density at radius 3 is 2.40 bits per heavy atom. The number of allylic oxidation sites excluding steroid dienone is 1. The summed E-state index contributed by atoms with van der Waals surface area (Å²) in [6, 6.07) is 0.365. The second kappa shape index (κ2) is 8.68. The van der Waals surface area contributed by atoms with Gasteiger partial charge in [0.05, 0.1) is 5.75 Å². The van der Waals surface area contributed by atoms with Crippen LogP contribution in [0.1, 0.15) is 76.5 Å². The maximum absolute atomic E-state index is 12.4. The zero-order valence-corrected chi connectivity index (χ0v) is 19.0. The second-order valence-electron chi connectivity index (χ2n) is 10.6. The van der Waals surface area contributed by atoms with Crippen molar-refractivity contribution >= 4 is 17.7 Å². The summed E-state index contributed by atoms with van der Waals surface area (Å²) < 4.78 is 2.21. The number of aromatic nitrogens is 3. The van der Waals surface area contributed by atoms with Gasteiger partial charge in [0.25, 0.3) is 0 Å². The number of hydrogen-bond donors (Lipinski definition) is 1. The van der Waals surface area contributed by atoms with Gasteiger partial charge in [-0.05, 0) is 74.5 Å². The summed E-state index contributed by atoms with van der Waals surface area (Å²) in [6.07, 6.45) is 17.5. The van der Waals surface area contributed by atoms with Crippen molar-refractivity contribution < 1.29 is 4.79 Å². The predicted octanol–water partition coefficient (Wildman–Crippen LogP) is 4.76. The zero-order chi connectivity index (χ0) is 20.6. The highest BCUT2D eigenvalue weighted by Crippen LogP contribution is 2.61. The Bertz CT molecular complexity index is 747. The van der Waals surface area contributed by atoms with Crippen molar-refractivity contribution in [3.8, 4) is 0 Å². The first-order chi connectivity index (χ1) is 14.6. The summed E-state index contributed by atoms with van der Waals surface area (Å²) in [7, 11) is 0. The molecule has 6 heteroatoms. The van der Waals surface area contributed by atoms with E-state index >= 15 is 0 Å². The summed E-state index contributed by atoms with van der Waals surface area (Å²) in [4.78, 5) is 12.4. The van der Waals surface area contributed by atoms with Crippen molar-refractivity contribution in [3.63, 3.8) is 0 Å². The van der Waals surface area contributed by atoms with E-state index in [0.717, 1.165) is 54.5 Å². The molecule has 1 aromatic heterocycles. The van der Waals surface area contributed by atoms with Crippen LogP contribution >= 0.6 is 11.8 Å². The Morgan fingerprint density at radius 1 is 1.10 bits per heavy atom. The largest absolute Gasteiger partial charge is 0.353 e. The molecule has 164 valence electrons. The maximum atomic E-state index is 12.4. The Morgan fingerprint density at radius 2 is 1.77 bits per heavy atom. The number of carbonyl (C=O) groups is 1. The fourth-order valence-electron chi connectivity index (χ4n) is 7.36. The Kier molecular flexibility index (Phi) is 5.96. The Labute approximate surface area is 184 Å². The van der Waals surface area contributed by atoms with Gasteiger partial charge in [-0.2, -0.15) is 0 Å². The molecule has 1 N–H and O–H groups in total. The average molecular weight is 429 g/mol. The standard InChI is InChI=1S/C24H36N4OS/c1-2-8-28-21(15-24-12-17-9-18(13-24)11-19(10-17)14-24)26-27-23(28)30-16-22(29)25-20-6-4-3-5-7-20/h2,17-20H,1,3-16H2,(H,25,29). The summed E-state index contributed by atoms with van der Waals surface area (Å²) in [6.45, 7) is 4.68. The monoisotopic (exact) mass is 428 g/mol. The van der Waals surface area contributed by atoms with Gasteiger partial charge >= 0.3 is 0 Å². The fraction of sp³-hybridized carbons (Fsp3) is 0.792. The number of rotatable bonds is 8. The smallest absolute Gasteiger partial charge is 0.230 e. The molecule has 0 spiro atoms. The lowest BCUT2D eigenvalue weighted by atomic mass is 9.49. The predicted molar refractivity (Wildman–Crippen MR) is 120 cm³/mol. The van der Waals surface area contributed by atoms with Gasteiger partial charge in [-0.1, -0.05) is 37.1 Å². The minimum absolute atomic E-state index is 0.127. The lowest BCUT2D eigenvalue weighted by Crippen LogP contribution is -2.47. The van der Waals surface area contributed by atoms with E-state index in [2.05, 4.69) is 26.7 Å². The number of thioether (sulfide) groups is 1. The molecular formula is C24H36N4OS. The number of nitrogens with one attached hydrogen (secondary N) is 1. The first-order valence-corrected chi connectivity index (χ1v) is 13.1. The lowest BCUT2D eigenvalue weighted by molar-refractivity contribution is -0.119. The highest BCUT2D eigenvalue weighted by atomic mass is 32.2. The van der Waals surface area contributed by atoms with E-state index in [1.54, 1.807) is 0 Å². The van der Waals surface area contributed by atoms with Crippen LogP contribution < -0.4 is 5.32 Å². The van der Waals surface area contributed by atoms with Crippen LogP contribution in [0.25, 0.3) is 0 Å². The van der Waals surface area contributed by atoms with Crippen LogP contribution in [0.4, 0.5) is 0 Å².